The predicted octanol–water partition coefficient (Wildman–Crippen LogP) is 0.844. The molecule has 1 aliphatic rings. The topological polar surface area (TPSA) is 67.8 Å². The Bertz CT molecular complexity index is 441. The molecule has 0 saturated heterocycles. The van der Waals surface area contributed by atoms with Gasteiger partial charge in [0.2, 0.25) is 0 Å². The number of benzene rings is 1. The van der Waals surface area contributed by atoms with Gasteiger partial charge < -0.3 is 19.9 Å². The van der Waals surface area contributed by atoms with Crippen LogP contribution in [0.5, 0.6) is 0 Å². The van der Waals surface area contributed by atoms with E-state index in [0.29, 0.717) is 31.8 Å². The maximum Gasteiger partial charge on any atom is 0.251 e. The highest BCUT2D eigenvalue weighted by Crippen LogP contribution is 2.20. The smallest absolute Gasteiger partial charge is 0.251 e. The number of aliphatic hydroxyl groups excluding tert-OH is 1. The van der Waals surface area contributed by atoms with Gasteiger partial charge in [-0.15, -0.1) is 0 Å². The van der Waals surface area contributed by atoms with E-state index in [0.717, 1.165) is 11.1 Å². The summed E-state index contributed by atoms with van der Waals surface area (Å²) in [6.45, 7) is 1.59. The molecule has 0 aliphatic carbocycles. The van der Waals surface area contributed by atoms with Crippen molar-refractivity contribution in [3.63, 3.8) is 0 Å². The summed E-state index contributed by atoms with van der Waals surface area (Å²) in [7, 11) is 1.57. The Kier molecular flexibility index (Phi) is 4.90. The first kappa shape index (κ1) is 14.0. The molecular weight excluding hydrogens is 246 g/mol. The van der Waals surface area contributed by atoms with Crippen LogP contribution in [0.4, 0.5) is 0 Å². The summed E-state index contributed by atoms with van der Waals surface area (Å²) >= 11 is 0. The van der Waals surface area contributed by atoms with Gasteiger partial charge in [0.1, 0.15) is 0 Å². The van der Waals surface area contributed by atoms with Crippen LogP contribution in [-0.4, -0.2) is 37.4 Å². The zero-order valence-corrected chi connectivity index (χ0v) is 11.0. The van der Waals surface area contributed by atoms with Crippen molar-refractivity contribution in [1.29, 1.82) is 0 Å². The van der Waals surface area contributed by atoms with E-state index in [2.05, 4.69) is 5.32 Å². The van der Waals surface area contributed by atoms with Crippen molar-refractivity contribution in [3.05, 3.63) is 34.9 Å². The maximum absolute atomic E-state index is 12.1. The van der Waals surface area contributed by atoms with Gasteiger partial charge in [0, 0.05) is 19.3 Å². The zero-order valence-electron chi connectivity index (χ0n) is 11.0. The molecule has 0 fully saturated rings. The quantitative estimate of drug-likeness (QED) is 0.800. The Morgan fingerprint density at radius 1 is 1.47 bits per heavy atom. The van der Waals surface area contributed by atoms with Crippen molar-refractivity contribution < 1.29 is 19.4 Å². The lowest BCUT2D eigenvalue weighted by Gasteiger charge is -2.17. The molecule has 1 aromatic rings. The minimum Gasteiger partial charge on any atom is -0.396 e. The van der Waals surface area contributed by atoms with Gasteiger partial charge in [0.25, 0.3) is 5.91 Å². The van der Waals surface area contributed by atoms with E-state index in [4.69, 9.17) is 14.6 Å². The van der Waals surface area contributed by atoms with Crippen molar-refractivity contribution in [3.8, 4) is 0 Å². The number of hydrogen-bond donors (Lipinski definition) is 2. The number of amides is 1. The molecule has 104 valence electrons. The highest BCUT2D eigenvalue weighted by Gasteiger charge is 2.16. The first-order chi connectivity index (χ1) is 9.24. The third-order valence-electron chi connectivity index (χ3n) is 3.16. The van der Waals surface area contributed by atoms with Crippen molar-refractivity contribution in [2.24, 2.45) is 0 Å². The normalized spacial score (nSPS) is 15.1. The van der Waals surface area contributed by atoms with Gasteiger partial charge in [-0.3, -0.25) is 4.79 Å². The molecule has 1 aliphatic heterocycles. The molecular formula is C14H19NO4. The highest BCUT2D eigenvalue weighted by molar-refractivity contribution is 5.94. The Hall–Kier alpha value is -1.43. The first-order valence-corrected chi connectivity index (χ1v) is 6.34. The van der Waals surface area contributed by atoms with Gasteiger partial charge in [0.05, 0.1) is 25.9 Å². The Morgan fingerprint density at radius 2 is 2.26 bits per heavy atom. The minimum absolute atomic E-state index is 0.0202. The van der Waals surface area contributed by atoms with Crippen LogP contribution in [0, 0.1) is 0 Å². The van der Waals surface area contributed by atoms with Crippen LogP contribution in [-0.2, 0) is 22.7 Å². The molecule has 0 bridgehead atoms. The molecule has 2 N–H and O–H groups in total. The second kappa shape index (κ2) is 6.65. The number of hydrogen-bond acceptors (Lipinski definition) is 4. The van der Waals surface area contributed by atoms with Crippen LogP contribution in [0.3, 0.4) is 0 Å². The zero-order chi connectivity index (χ0) is 13.7. The molecule has 1 heterocycles. The van der Waals surface area contributed by atoms with E-state index in [1.54, 1.807) is 13.2 Å². The van der Waals surface area contributed by atoms with E-state index in [1.165, 1.54) is 0 Å². The molecule has 0 saturated carbocycles. The summed E-state index contributed by atoms with van der Waals surface area (Å²) in [4.78, 5) is 12.1. The molecule has 1 amide bonds. The van der Waals surface area contributed by atoms with E-state index >= 15 is 0 Å². The number of methoxy groups -OCH3 is 1. The third kappa shape index (κ3) is 3.53. The highest BCUT2D eigenvalue weighted by atomic mass is 16.5. The summed E-state index contributed by atoms with van der Waals surface area (Å²) in [5.41, 5.74) is 2.82. The number of carbonyl (C=O) groups excluding carboxylic acids is 1. The number of fused-ring (bicyclic) bond motifs is 1. The molecule has 2 rings (SSSR count). The minimum atomic E-state index is -0.174. The lowest BCUT2D eigenvalue weighted by molar-refractivity contribution is 0.0878. The van der Waals surface area contributed by atoms with Gasteiger partial charge in [-0.2, -0.15) is 0 Å². The fourth-order valence-electron chi connectivity index (χ4n) is 2.14. The van der Waals surface area contributed by atoms with Gasteiger partial charge in [-0.05, 0) is 29.7 Å². The maximum atomic E-state index is 12.1. The van der Waals surface area contributed by atoms with Gasteiger partial charge in [0.15, 0.2) is 0 Å². The summed E-state index contributed by atoms with van der Waals surface area (Å²) in [6.07, 6.45) is 0.480. The van der Waals surface area contributed by atoms with E-state index < -0.39 is 0 Å². The molecule has 0 spiro atoms. The van der Waals surface area contributed by atoms with Crippen LogP contribution in [0.25, 0.3) is 0 Å². The SMILES string of the molecule is COCC(CCO)NC(=O)c1ccc2c(c1)COC2. The summed E-state index contributed by atoms with van der Waals surface area (Å²) < 4.78 is 10.3. The lowest BCUT2D eigenvalue weighted by Crippen LogP contribution is -2.38. The number of rotatable bonds is 6. The monoisotopic (exact) mass is 265 g/mol. The van der Waals surface area contributed by atoms with Crippen LogP contribution in [0.2, 0.25) is 0 Å². The Balaban J connectivity index is 2.02. The average molecular weight is 265 g/mol. The summed E-state index contributed by atoms with van der Waals surface area (Å²) in [5.74, 6) is -0.148. The van der Waals surface area contributed by atoms with Crippen molar-refractivity contribution in [2.75, 3.05) is 20.3 Å². The molecule has 5 heteroatoms. The van der Waals surface area contributed by atoms with E-state index in [9.17, 15) is 4.79 Å². The van der Waals surface area contributed by atoms with Gasteiger partial charge in [-0.25, -0.2) is 0 Å². The molecule has 0 radical (unpaired) electrons. The molecule has 5 nitrogen and oxygen atoms in total. The first-order valence-electron chi connectivity index (χ1n) is 6.34. The molecule has 1 atom stereocenters. The van der Waals surface area contributed by atoms with Crippen molar-refractivity contribution in [1.82, 2.24) is 5.32 Å². The van der Waals surface area contributed by atoms with Gasteiger partial charge >= 0.3 is 0 Å². The van der Waals surface area contributed by atoms with E-state index in [-0.39, 0.29) is 18.6 Å². The molecule has 1 unspecified atom stereocenters. The summed E-state index contributed by atoms with van der Waals surface area (Å²) in [6, 6.07) is 5.41. The van der Waals surface area contributed by atoms with Crippen molar-refractivity contribution >= 4 is 5.91 Å². The predicted molar refractivity (Wildman–Crippen MR) is 69.8 cm³/mol. The Morgan fingerprint density at radius 3 is 3.00 bits per heavy atom. The van der Waals surface area contributed by atoms with Crippen LogP contribution < -0.4 is 5.32 Å². The third-order valence-corrected chi connectivity index (χ3v) is 3.16. The largest absolute Gasteiger partial charge is 0.396 e. The molecule has 0 aromatic heterocycles. The molecule has 19 heavy (non-hydrogen) atoms. The molecule has 1 aromatic carbocycles. The number of ether oxygens (including phenoxy) is 2. The summed E-state index contributed by atoms with van der Waals surface area (Å²) in [5, 5.41) is 11.8. The number of aliphatic hydroxyl groups is 1. The average Bonchev–Trinajstić information content (AvgIpc) is 2.86. The van der Waals surface area contributed by atoms with Gasteiger partial charge in [-0.1, -0.05) is 6.07 Å². The Labute approximate surface area is 112 Å². The van der Waals surface area contributed by atoms with Crippen LogP contribution >= 0.6 is 0 Å². The second-order valence-electron chi connectivity index (χ2n) is 4.61. The lowest BCUT2D eigenvalue weighted by atomic mass is 10.1. The number of carbonyl (C=O) groups is 1. The van der Waals surface area contributed by atoms with Crippen LogP contribution in [0.1, 0.15) is 27.9 Å². The van der Waals surface area contributed by atoms with E-state index in [1.807, 2.05) is 12.1 Å². The number of nitrogens with one attached hydrogen (secondary N) is 1. The fourth-order valence-corrected chi connectivity index (χ4v) is 2.14. The van der Waals surface area contributed by atoms with Crippen LogP contribution in [0.15, 0.2) is 18.2 Å². The fraction of sp³-hybridized carbons (Fsp3) is 0.500. The standard InChI is InChI=1S/C14H19NO4/c1-18-9-13(4-5-16)15-14(17)10-2-3-11-7-19-8-12(11)6-10/h2-3,6,13,16H,4-5,7-9H2,1H3,(H,15,17). The van der Waals surface area contributed by atoms with Crippen molar-refractivity contribution in [2.45, 2.75) is 25.7 Å². The second-order valence-corrected chi connectivity index (χ2v) is 4.61.